The lowest BCUT2D eigenvalue weighted by molar-refractivity contribution is -0.146. The molecule has 1 amide bonds. The summed E-state index contributed by atoms with van der Waals surface area (Å²) in [6, 6.07) is 7.85. The molecule has 8 nitrogen and oxygen atoms in total. The van der Waals surface area contributed by atoms with E-state index in [1.165, 1.54) is 24.3 Å². The minimum atomic E-state index is -2.01. The van der Waals surface area contributed by atoms with E-state index in [-0.39, 0.29) is 16.8 Å². The van der Waals surface area contributed by atoms with Gasteiger partial charge >= 0.3 is 11.9 Å². The molecule has 8 heteroatoms. The standard InChI is InChI=1S/C19H13N3O5/c20-17(25)19(18(26)27)8-2-4-9-11(19)6-7-13-14(9)22-15-10(16(23)24)3-1-5-12(15)21-13/h1-8,21H,(H2,20,25)(H,23,24)(H,26,27). The number of aliphatic carboxylic acids is 1. The third-order valence-corrected chi connectivity index (χ3v) is 4.74. The van der Waals surface area contributed by atoms with Gasteiger partial charge in [-0.05, 0) is 23.8 Å². The van der Waals surface area contributed by atoms with E-state index >= 15 is 0 Å². The van der Waals surface area contributed by atoms with Crippen LogP contribution in [0, 0.1) is 0 Å². The van der Waals surface area contributed by atoms with E-state index in [1.54, 1.807) is 24.3 Å². The Morgan fingerprint density at radius 2 is 1.85 bits per heavy atom. The fraction of sp³-hybridized carbons (Fsp3) is 0.0526. The van der Waals surface area contributed by atoms with Gasteiger partial charge in [0.1, 0.15) is 5.69 Å². The van der Waals surface area contributed by atoms with Gasteiger partial charge in [0.2, 0.25) is 5.91 Å². The van der Waals surface area contributed by atoms with Crippen LogP contribution in [0.1, 0.15) is 15.9 Å². The van der Waals surface area contributed by atoms with Crippen molar-refractivity contribution in [3.63, 3.8) is 0 Å². The molecule has 0 saturated heterocycles. The molecule has 4 rings (SSSR count). The van der Waals surface area contributed by atoms with Crippen molar-refractivity contribution >= 4 is 41.0 Å². The zero-order valence-electron chi connectivity index (χ0n) is 13.8. The summed E-state index contributed by atoms with van der Waals surface area (Å²) in [6.07, 6.45) is 4.30. The van der Waals surface area contributed by atoms with Crippen LogP contribution < -0.4 is 21.6 Å². The van der Waals surface area contributed by atoms with Crippen LogP contribution >= 0.6 is 0 Å². The fourth-order valence-corrected chi connectivity index (χ4v) is 3.42. The van der Waals surface area contributed by atoms with E-state index in [0.29, 0.717) is 22.0 Å². The number of benzene rings is 2. The highest BCUT2D eigenvalue weighted by Gasteiger charge is 2.46. The highest BCUT2D eigenvalue weighted by Crippen LogP contribution is 2.34. The number of carboxylic acids is 2. The highest BCUT2D eigenvalue weighted by atomic mass is 16.4. The number of hydrogen-bond donors (Lipinski definition) is 4. The number of fused-ring (bicyclic) bond motifs is 4. The first-order valence-corrected chi connectivity index (χ1v) is 7.94. The second kappa shape index (κ2) is 5.53. The first-order valence-electron chi connectivity index (χ1n) is 7.94. The summed E-state index contributed by atoms with van der Waals surface area (Å²) in [6.45, 7) is 0. The number of carboxylic acid groups (broad SMARTS) is 2. The van der Waals surface area contributed by atoms with Gasteiger partial charge in [-0.25, -0.2) is 9.79 Å². The molecule has 0 aromatic heterocycles. The van der Waals surface area contributed by atoms with Gasteiger partial charge in [-0.2, -0.15) is 0 Å². The van der Waals surface area contributed by atoms with Gasteiger partial charge in [0.15, 0.2) is 5.41 Å². The molecular formula is C19H13N3O5. The monoisotopic (exact) mass is 363 g/mol. The molecule has 5 N–H and O–H groups in total. The molecule has 2 aromatic carbocycles. The van der Waals surface area contributed by atoms with Crippen molar-refractivity contribution in [2.24, 2.45) is 10.7 Å². The Morgan fingerprint density at radius 1 is 1.07 bits per heavy atom. The van der Waals surface area contributed by atoms with Crippen molar-refractivity contribution in [1.29, 1.82) is 0 Å². The lowest BCUT2D eigenvalue weighted by atomic mass is 9.76. The summed E-state index contributed by atoms with van der Waals surface area (Å²) in [4.78, 5) is 39.9. The van der Waals surface area contributed by atoms with Crippen LogP contribution in [0.2, 0.25) is 0 Å². The largest absolute Gasteiger partial charge is 0.480 e. The van der Waals surface area contributed by atoms with Crippen LogP contribution in [-0.2, 0) is 15.0 Å². The number of allylic oxidation sites excluding steroid dienone is 1. The number of primary amides is 1. The van der Waals surface area contributed by atoms with Crippen molar-refractivity contribution in [3.05, 3.63) is 64.2 Å². The lowest BCUT2D eigenvalue weighted by Gasteiger charge is -2.27. The van der Waals surface area contributed by atoms with Crippen molar-refractivity contribution in [2.75, 3.05) is 5.32 Å². The van der Waals surface area contributed by atoms with Gasteiger partial charge < -0.3 is 21.3 Å². The second-order valence-corrected chi connectivity index (χ2v) is 6.17. The Bertz CT molecular complexity index is 1180. The molecular weight excluding hydrogens is 350 g/mol. The van der Waals surface area contributed by atoms with E-state index in [1.807, 2.05) is 0 Å². The lowest BCUT2D eigenvalue weighted by Crippen LogP contribution is -2.52. The Kier molecular flexibility index (Phi) is 3.38. The first-order chi connectivity index (χ1) is 12.9. The number of nitrogens with one attached hydrogen (secondary N) is 1. The quantitative estimate of drug-likeness (QED) is 0.501. The van der Waals surface area contributed by atoms with Gasteiger partial charge in [0.25, 0.3) is 0 Å². The highest BCUT2D eigenvalue weighted by molar-refractivity contribution is 6.10. The number of hydrogen-bond acceptors (Lipinski definition) is 5. The summed E-state index contributed by atoms with van der Waals surface area (Å²) >= 11 is 0. The van der Waals surface area contributed by atoms with Crippen molar-refractivity contribution < 1.29 is 24.6 Å². The predicted molar refractivity (Wildman–Crippen MR) is 95.7 cm³/mol. The maximum absolute atomic E-state index is 12.0. The topological polar surface area (TPSA) is 142 Å². The molecule has 2 aromatic rings. The molecule has 1 unspecified atom stereocenters. The Morgan fingerprint density at radius 3 is 2.52 bits per heavy atom. The van der Waals surface area contributed by atoms with Crippen LogP contribution in [0.4, 0.5) is 17.1 Å². The normalized spacial score (nSPS) is 18.7. The van der Waals surface area contributed by atoms with Crippen molar-refractivity contribution in [3.8, 4) is 0 Å². The van der Waals surface area contributed by atoms with Crippen LogP contribution in [0.25, 0.3) is 6.08 Å². The number of nitrogens with zero attached hydrogens (tertiary/aromatic N) is 1. The third-order valence-electron chi connectivity index (χ3n) is 4.74. The summed E-state index contributed by atoms with van der Waals surface area (Å²) in [5.41, 5.74) is 4.93. The number of rotatable bonds is 3. The molecule has 1 atom stereocenters. The van der Waals surface area contributed by atoms with E-state index in [9.17, 15) is 24.6 Å². The van der Waals surface area contributed by atoms with E-state index in [2.05, 4.69) is 10.3 Å². The number of anilines is 2. The summed E-state index contributed by atoms with van der Waals surface area (Å²) in [5.74, 6) is -3.54. The van der Waals surface area contributed by atoms with E-state index < -0.39 is 23.3 Å². The average molecular weight is 363 g/mol. The SMILES string of the molecule is NC(=O)C1(C(=O)O)C=CC=c2c1ccc1c2=Nc2c(cccc2C(=O)O)N1. The van der Waals surface area contributed by atoms with Gasteiger partial charge in [0.05, 0.1) is 22.3 Å². The molecule has 134 valence electrons. The number of carbonyl (C=O) groups excluding carboxylic acids is 1. The number of nitrogens with two attached hydrogens (primary N) is 1. The zero-order chi connectivity index (χ0) is 19.3. The average Bonchev–Trinajstić information content (AvgIpc) is 2.64. The third kappa shape index (κ3) is 2.16. The summed E-state index contributed by atoms with van der Waals surface area (Å²) in [7, 11) is 0. The van der Waals surface area contributed by atoms with E-state index in [4.69, 9.17) is 5.73 Å². The van der Waals surface area contributed by atoms with Crippen LogP contribution in [0.5, 0.6) is 0 Å². The molecule has 1 heterocycles. The maximum atomic E-state index is 12.0. The summed E-state index contributed by atoms with van der Waals surface area (Å²) < 4.78 is 0. The van der Waals surface area contributed by atoms with Gasteiger partial charge in [0, 0.05) is 5.22 Å². The molecule has 1 aliphatic carbocycles. The second-order valence-electron chi connectivity index (χ2n) is 6.17. The molecule has 0 spiro atoms. The minimum absolute atomic E-state index is 0.00834. The number of carbonyl (C=O) groups is 3. The Hall–Kier alpha value is -3.94. The predicted octanol–water partition coefficient (Wildman–Crippen LogP) is 0.551. The first kappa shape index (κ1) is 16.5. The number of amides is 1. The molecule has 0 fully saturated rings. The summed E-state index contributed by atoms with van der Waals surface area (Å²) in [5, 5.41) is 23.0. The van der Waals surface area contributed by atoms with Crippen molar-refractivity contribution in [2.45, 2.75) is 5.41 Å². The van der Waals surface area contributed by atoms with Gasteiger partial charge in [-0.1, -0.05) is 30.4 Å². The van der Waals surface area contributed by atoms with E-state index in [0.717, 1.165) is 0 Å². The smallest absolute Gasteiger partial charge is 0.337 e. The van der Waals surface area contributed by atoms with Crippen LogP contribution in [-0.4, -0.2) is 28.1 Å². The molecule has 0 radical (unpaired) electrons. The molecule has 1 aliphatic heterocycles. The molecule has 2 aliphatic rings. The number of para-hydroxylation sites is 1. The van der Waals surface area contributed by atoms with Gasteiger partial charge in [-0.15, -0.1) is 0 Å². The Balaban J connectivity index is 2.10. The van der Waals surface area contributed by atoms with Crippen LogP contribution in [0.15, 0.2) is 47.5 Å². The maximum Gasteiger partial charge on any atom is 0.337 e. The molecule has 0 saturated carbocycles. The van der Waals surface area contributed by atoms with Crippen molar-refractivity contribution in [1.82, 2.24) is 0 Å². The number of aromatic carboxylic acids is 1. The molecule has 27 heavy (non-hydrogen) atoms. The van der Waals surface area contributed by atoms with Gasteiger partial charge in [-0.3, -0.25) is 9.59 Å². The fourth-order valence-electron chi connectivity index (χ4n) is 3.42. The van der Waals surface area contributed by atoms with Crippen LogP contribution in [0.3, 0.4) is 0 Å². The Labute approximate surface area is 152 Å². The minimum Gasteiger partial charge on any atom is -0.480 e. The zero-order valence-corrected chi connectivity index (χ0v) is 13.8. The molecule has 0 bridgehead atoms.